The summed E-state index contributed by atoms with van der Waals surface area (Å²) in [5, 5.41) is 3.13. The summed E-state index contributed by atoms with van der Waals surface area (Å²) in [6.45, 7) is 2.40. The highest BCUT2D eigenvalue weighted by Crippen LogP contribution is 2.30. The maximum atomic E-state index is 14.4. The van der Waals surface area contributed by atoms with Crippen LogP contribution in [-0.4, -0.2) is 20.6 Å². The fraction of sp³-hybridized carbons (Fsp3) is 0.250. The number of halogens is 4. The average Bonchev–Trinajstić information content (AvgIpc) is 3.09. The van der Waals surface area contributed by atoms with Crippen molar-refractivity contribution >= 4 is 5.82 Å². The zero-order chi connectivity index (χ0) is 22.2. The normalized spacial score (nSPS) is 15.3. The first kappa shape index (κ1) is 20.6. The number of alkyl halides is 3. The number of rotatable bonds is 5. The number of nitrogens with zero attached hydrogens (tertiary/aromatic N) is 3. The summed E-state index contributed by atoms with van der Waals surface area (Å²) < 4.78 is 64.3. The molecule has 7 nitrogen and oxygen atoms in total. The summed E-state index contributed by atoms with van der Waals surface area (Å²) in [4.78, 5) is 19.1. The summed E-state index contributed by atoms with van der Waals surface area (Å²) in [6, 6.07) is 7.50. The molecular weight excluding hydrogens is 420 g/mol. The Morgan fingerprint density at radius 2 is 2.03 bits per heavy atom. The third-order valence-corrected chi connectivity index (χ3v) is 4.48. The van der Waals surface area contributed by atoms with Gasteiger partial charge in [-0.3, -0.25) is 4.57 Å². The Kier molecular flexibility index (Phi) is 5.25. The van der Waals surface area contributed by atoms with E-state index >= 15 is 0 Å². The molecule has 0 spiro atoms. The van der Waals surface area contributed by atoms with Crippen LogP contribution < -0.4 is 20.5 Å². The van der Waals surface area contributed by atoms with Gasteiger partial charge in [0.25, 0.3) is 0 Å². The number of anilines is 1. The number of aromatic nitrogens is 3. The van der Waals surface area contributed by atoms with E-state index in [1.807, 2.05) is 6.92 Å². The Morgan fingerprint density at radius 3 is 2.71 bits per heavy atom. The standard InChI is InChI=1S/C20H16F4N4O3/c1-11-9-28-17(26-11)7-18(27-19(28)29)30-10-12-2-4-15(14(21)6-12)31-13-3-5-16(25-8-13)20(22,23)24/h2-8,11,26H,9-10H2,1H3. The molecule has 2 aromatic heterocycles. The fourth-order valence-electron chi connectivity index (χ4n) is 3.04. The predicted octanol–water partition coefficient (Wildman–Crippen LogP) is 3.98. The molecule has 3 heterocycles. The van der Waals surface area contributed by atoms with Crippen LogP contribution >= 0.6 is 0 Å². The van der Waals surface area contributed by atoms with E-state index in [2.05, 4.69) is 15.3 Å². The van der Waals surface area contributed by atoms with Crippen LogP contribution in [0.25, 0.3) is 0 Å². The quantitative estimate of drug-likeness (QED) is 0.610. The van der Waals surface area contributed by atoms with Crippen LogP contribution in [0.4, 0.5) is 23.4 Å². The van der Waals surface area contributed by atoms with E-state index < -0.39 is 23.4 Å². The number of hydrogen-bond acceptors (Lipinski definition) is 6. The number of fused-ring (bicyclic) bond motifs is 1. The van der Waals surface area contributed by atoms with Gasteiger partial charge in [-0.1, -0.05) is 6.07 Å². The zero-order valence-corrected chi connectivity index (χ0v) is 16.1. The van der Waals surface area contributed by atoms with Crippen LogP contribution in [-0.2, 0) is 19.3 Å². The van der Waals surface area contributed by atoms with Crippen LogP contribution in [0.3, 0.4) is 0 Å². The summed E-state index contributed by atoms with van der Waals surface area (Å²) in [5.41, 5.74) is -1.07. The smallest absolute Gasteiger partial charge is 0.433 e. The van der Waals surface area contributed by atoms with E-state index in [-0.39, 0.29) is 30.0 Å². The van der Waals surface area contributed by atoms with Gasteiger partial charge in [-0.05, 0) is 36.8 Å². The SMILES string of the molecule is CC1Cn2c(cc(OCc3ccc(Oc4ccc(C(F)(F)F)nc4)c(F)c3)nc2=O)N1. The Labute approximate surface area is 173 Å². The minimum atomic E-state index is -4.57. The zero-order valence-electron chi connectivity index (χ0n) is 16.1. The highest BCUT2D eigenvalue weighted by Gasteiger charge is 2.32. The molecule has 1 atom stereocenters. The molecule has 0 amide bonds. The predicted molar refractivity (Wildman–Crippen MR) is 102 cm³/mol. The second kappa shape index (κ2) is 7.89. The summed E-state index contributed by atoms with van der Waals surface area (Å²) in [5.74, 6) is -0.256. The molecule has 0 bridgehead atoms. The number of pyridine rings is 1. The molecule has 1 aliphatic heterocycles. The van der Waals surface area contributed by atoms with Gasteiger partial charge < -0.3 is 14.8 Å². The fourth-order valence-corrected chi connectivity index (χ4v) is 3.04. The molecule has 162 valence electrons. The molecule has 31 heavy (non-hydrogen) atoms. The second-order valence-electron chi connectivity index (χ2n) is 6.95. The van der Waals surface area contributed by atoms with Crippen molar-refractivity contribution in [2.75, 3.05) is 5.32 Å². The molecule has 0 aliphatic carbocycles. The van der Waals surface area contributed by atoms with Crippen molar-refractivity contribution in [2.45, 2.75) is 32.3 Å². The molecule has 3 aromatic rings. The largest absolute Gasteiger partial charge is 0.473 e. The van der Waals surface area contributed by atoms with Gasteiger partial charge >= 0.3 is 11.9 Å². The Balaban J connectivity index is 1.42. The van der Waals surface area contributed by atoms with Crippen molar-refractivity contribution in [2.24, 2.45) is 0 Å². The molecule has 0 saturated carbocycles. The number of benzene rings is 1. The minimum absolute atomic E-state index is 0.0413. The molecule has 0 fully saturated rings. The lowest BCUT2D eigenvalue weighted by Gasteiger charge is -2.10. The van der Waals surface area contributed by atoms with Crippen LogP contribution in [0.1, 0.15) is 18.2 Å². The summed E-state index contributed by atoms with van der Waals surface area (Å²) in [6.07, 6.45) is -3.70. The van der Waals surface area contributed by atoms with E-state index in [0.29, 0.717) is 17.9 Å². The van der Waals surface area contributed by atoms with Crippen molar-refractivity contribution in [3.8, 4) is 17.4 Å². The van der Waals surface area contributed by atoms with E-state index in [1.54, 1.807) is 6.07 Å². The van der Waals surface area contributed by atoms with Crippen LogP contribution in [0, 0.1) is 5.82 Å². The third-order valence-electron chi connectivity index (χ3n) is 4.48. The maximum Gasteiger partial charge on any atom is 0.433 e. The highest BCUT2D eigenvalue weighted by atomic mass is 19.4. The van der Waals surface area contributed by atoms with Gasteiger partial charge in [0, 0.05) is 18.7 Å². The van der Waals surface area contributed by atoms with E-state index in [1.165, 1.54) is 16.7 Å². The summed E-state index contributed by atoms with van der Waals surface area (Å²) in [7, 11) is 0. The lowest BCUT2D eigenvalue weighted by Crippen LogP contribution is -2.22. The maximum absolute atomic E-state index is 14.4. The minimum Gasteiger partial charge on any atom is -0.473 e. The van der Waals surface area contributed by atoms with Crippen molar-refractivity contribution < 1.29 is 27.0 Å². The van der Waals surface area contributed by atoms with Crippen molar-refractivity contribution in [3.63, 3.8) is 0 Å². The first-order valence-corrected chi connectivity index (χ1v) is 9.20. The topological polar surface area (TPSA) is 78.3 Å². The molecule has 1 N–H and O–H groups in total. The van der Waals surface area contributed by atoms with Crippen molar-refractivity contribution in [1.82, 2.24) is 14.5 Å². The van der Waals surface area contributed by atoms with Crippen LogP contribution in [0.5, 0.6) is 17.4 Å². The van der Waals surface area contributed by atoms with E-state index in [4.69, 9.17) is 9.47 Å². The Hall–Kier alpha value is -3.63. The molecule has 0 saturated heterocycles. The van der Waals surface area contributed by atoms with E-state index in [0.717, 1.165) is 24.4 Å². The van der Waals surface area contributed by atoms with Gasteiger partial charge in [-0.15, -0.1) is 0 Å². The van der Waals surface area contributed by atoms with Crippen molar-refractivity contribution in [1.29, 1.82) is 0 Å². The molecular formula is C20H16F4N4O3. The van der Waals surface area contributed by atoms with Gasteiger partial charge in [0.1, 0.15) is 23.9 Å². The Morgan fingerprint density at radius 1 is 1.23 bits per heavy atom. The first-order valence-electron chi connectivity index (χ1n) is 9.20. The van der Waals surface area contributed by atoms with Gasteiger partial charge in [-0.2, -0.15) is 18.2 Å². The number of hydrogen-bond donors (Lipinski definition) is 1. The average molecular weight is 436 g/mol. The van der Waals surface area contributed by atoms with Gasteiger partial charge in [0.2, 0.25) is 5.88 Å². The van der Waals surface area contributed by atoms with Gasteiger partial charge in [0.05, 0.1) is 6.20 Å². The Bertz CT molecular complexity index is 1160. The first-order chi connectivity index (χ1) is 14.7. The monoisotopic (exact) mass is 436 g/mol. The van der Waals surface area contributed by atoms with Crippen molar-refractivity contribution in [3.05, 3.63) is 70.2 Å². The lowest BCUT2D eigenvalue weighted by atomic mass is 10.2. The molecule has 1 unspecified atom stereocenters. The molecule has 0 radical (unpaired) electrons. The molecule has 1 aromatic carbocycles. The van der Waals surface area contributed by atoms with E-state index in [9.17, 15) is 22.4 Å². The summed E-state index contributed by atoms with van der Waals surface area (Å²) >= 11 is 0. The third kappa shape index (κ3) is 4.60. The lowest BCUT2D eigenvalue weighted by molar-refractivity contribution is -0.141. The second-order valence-corrected chi connectivity index (χ2v) is 6.95. The number of nitrogens with one attached hydrogen (secondary N) is 1. The molecule has 4 rings (SSSR count). The van der Waals surface area contributed by atoms with Crippen LogP contribution in [0.15, 0.2) is 47.4 Å². The van der Waals surface area contributed by atoms with Crippen LogP contribution in [0.2, 0.25) is 0 Å². The number of ether oxygens (including phenoxy) is 2. The van der Waals surface area contributed by atoms with Gasteiger partial charge in [-0.25, -0.2) is 14.2 Å². The van der Waals surface area contributed by atoms with Gasteiger partial charge in [0.15, 0.2) is 11.6 Å². The molecule has 11 heteroatoms. The molecule has 1 aliphatic rings. The highest BCUT2D eigenvalue weighted by molar-refractivity contribution is 5.43.